The van der Waals surface area contributed by atoms with Crippen molar-refractivity contribution in [3.63, 3.8) is 0 Å². The second kappa shape index (κ2) is 9.13. The molecule has 4 heteroatoms. The summed E-state index contributed by atoms with van der Waals surface area (Å²) in [5.74, 6) is 0. The molecule has 0 amide bonds. The van der Waals surface area contributed by atoms with Crippen molar-refractivity contribution in [3.05, 3.63) is 29.6 Å². The molecular formula is C17H29N3O. The minimum absolute atomic E-state index is 0.472. The van der Waals surface area contributed by atoms with E-state index in [-0.39, 0.29) is 0 Å². The molecule has 1 saturated heterocycles. The van der Waals surface area contributed by atoms with Gasteiger partial charge in [0, 0.05) is 25.4 Å². The summed E-state index contributed by atoms with van der Waals surface area (Å²) in [5, 5.41) is 3.37. The smallest absolute Gasteiger partial charge is 0.0599 e. The van der Waals surface area contributed by atoms with Gasteiger partial charge in [0.25, 0.3) is 0 Å². The largest absolute Gasteiger partial charge is 0.378 e. The van der Waals surface area contributed by atoms with Crippen LogP contribution in [0.25, 0.3) is 0 Å². The number of aryl methyl sites for hydroxylation is 1. The van der Waals surface area contributed by atoms with Crippen LogP contribution in [0.3, 0.4) is 0 Å². The highest BCUT2D eigenvalue weighted by atomic mass is 16.5. The molecule has 0 saturated carbocycles. The highest BCUT2D eigenvalue weighted by molar-refractivity contribution is 5.09. The first-order valence-electron chi connectivity index (χ1n) is 8.25. The van der Waals surface area contributed by atoms with Crippen molar-refractivity contribution in [1.82, 2.24) is 15.2 Å². The van der Waals surface area contributed by atoms with Crippen molar-refractivity contribution in [2.24, 2.45) is 0 Å². The topological polar surface area (TPSA) is 37.4 Å². The summed E-state index contributed by atoms with van der Waals surface area (Å²) in [5.41, 5.74) is 2.26. The van der Waals surface area contributed by atoms with E-state index in [0.29, 0.717) is 6.10 Å². The van der Waals surface area contributed by atoms with Gasteiger partial charge in [0.05, 0.1) is 11.8 Å². The van der Waals surface area contributed by atoms with E-state index in [0.717, 1.165) is 70.0 Å². The Hall–Kier alpha value is -0.970. The van der Waals surface area contributed by atoms with E-state index in [1.165, 1.54) is 0 Å². The van der Waals surface area contributed by atoms with Crippen molar-refractivity contribution >= 4 is 0 Å². The number of piperidine rings is 1. The second-order valence-electron chi connectivity index (χ2n) is 5.81. The maximum atomic E-state index is 5.96. The first kappa shape index (κ1) is 16.4. The lowest BCUT2D eigenvalue weighted by Gasteiger charge is -2.24. The Morgan fingerprint density at radius 3 is 2.86 bits per heavy atom. The third-order valence-electron chi connectivity index (χ3n) is 4.04. The van der Waals surface area contributed by atoms with Gasteiger partial charge in [-0.1, -0.05) is 13.0 Å². The number of nitrogens with one attached hydrogen (secondary N) is 1. The summed E-state index contributed by atoms with van der Waals surface area (Å²) >= 11 is 0. The maximum absolute atomic E-state index is 5.96. The summed E-state index contributed by atoms with van der Waals surface area (Å²) in [6, 6.07) is 6.25. The van der Waals surface area contributed by atoms with Gasteiger partial charge in [-0.3, -0.25) is 9.88 Å². The van der Waals surface area contributed by atoms with Gasteiger partial charge in [0.2, 0.25) is 0 Å². The Balaban J connectivity index is 1.65. The first-order valence-corrected chi connectivity index (χ1v) is 8.25. The highest BCUT2D eigenvalue weighted by Gasteiger charge is 2.13. The molecule has 0 unspecified atom stereocenters. The monoisotopic (exact) mass is 291 g/mol. The normalized spacial score (nSPS) is 16.5. The molecule has 0 radical (unpaired) electrons. The standard InChI is InChI=1S/C17H29N3O/c1-3-20(14-16-7-4-6-15(2)19-16)12-5-13-21-17-8-10-18-11-9-17/h4,6-7,17-18H,3,5,8-14H2,1-2H3. The zero-order chi connectivity index (χ0) is 14.9. The van der Waals surface area contributed by atoms with Gasteiger partial charge in [-0.15, -0.1) is 0 Å². The summed E-state index contributed by atoms with van der Waals surface area (Å²) in [7, 11) is 0. The van der Waals surface area contributed by atoms with Gasteiger partial charge >= 0.3 is 0 Å². The molecule has 1 aromatic heterocycles. The van der Waals surface area contributed by atoms with E-state index >= 15 is 0 Å². The lowest BCUT2D eigenvalue weighted by molar-refractivity contribution is 0.0276. The molecule has 21 heavy (non-hydrogen) atoms. The lowest BCUT2D eigenvalue weighted by Crippen LogP contribution is -2.33. The Morgan fingerprint density at radius 1 is 1.33 bits per heavy atom. The van der Waals surface area contributed by atoms with Crippen LogP contribution in [-0.4, -0.2) is 48.8 Å². The highest BCUT2D eigenvalue weighted by Crippen LogP contribution is 2.08. The Kier molecular flexibility index (Phi) is 7.13. The predicted molar refractivity (Wildman–Crippen MR) is 86.4 cm³/mol. The van der Waals surface area contributed by atoms with Crippen molar-refractivity contribution in [3.8, 4) is 0 Å². The Morgan fingerprint density at radius 2 is 2.14 bits per heavy atom. The van der Waals surface area contributed by atoms with Gasteiger partial charge < -0.3 is 10.1 Å². The Bertz CT molecular complexity index is 405. The SMILES string of the molecule is CCN(CCCOC1CCNCC1)Cc1cccc(C)n1. The molecular weight excluding hydrogens is 262 g/mol. The summed E-state index contributed by atoms with van der Waals surface area (Å²) < 4.78 is 5.96. The first-order chi connectivity index (χ1) is 10.3. The number of aromatic nitrogens is 1. The van der Waals surface area contributed by atoms with Crippen molar-refractivity contribution in [2.75, 3.05) is 32.8 Å². The number of rotatable bonds is 8. The Labute approximate surface area is 128 Å². The number of hydrogen-bond acceptors (Lipinski definition) is 4. The van der Waals surface area contributed by atoms with Gasteiger partial charge in [-0.2, -0.15) is 0 Å². The minimum atomic E-state index is 0.472. The minimum Gasteiger partial charge on any atom is -0.378 e. The van der Waals surface area contributed by atoms with Crippen LogP contribution >= 0.6 is 0 Å². The summed E-state index contributed by atoms with van der Waals surface area (Å²) in [4.78, 5) is 7.02. The molecule has 0 aromatic carbocycles. The molecule has 2 heterocycles. The van der Waals surface area contributed by atoms with Crippen LogP contribution in [0.5, 0.6) is 0 Å². The van der Waals surface area contributed by atoms with E-state index in [1.807, 2.05) is 13.0 Å². The van der Waals surface area contributed by atoms with E-state index < -0.39 is 0 Å². The van der Waals surface area contributed by atoms with E-state index in [1.54, 1.807) is 0 Å². The molecule has 0 bridgehead atoms. The third kappa shape index (κ3) is 6.12. The molecule has 2 rings (SSSR count). The van der Waals surface area contributed by atoms with Crippen LogP contribution in [0.1, 0.15) is 37.6 Å². The molecule has 1 N–H and O–H groups in total. The number of pyridine rings is 1. The van der Waals surface area contributed by atoms with Gasteiger partial charge in [-0.05, 0) is 58.0 Å². The van der Waals surface area contributed by atoms with E-state index in [4.69, 9.17) is 4.74 Å². The van der Waals surface area contributed by atoms with Crippen molar-refractivity contribution in [1.29, 1.82) is 0 Å². The van der Waals surface area contributed by atoms with Crippen molar-refractivity contribution < 1.29 is 4.74 Å². The maximum Gasteiger partial charge on any atom is 0.0599 e. The molecule has 0 atom stereocenters. The van der Waals surface area contributed by atoms with E-state index in [2.05, 4.69) is 34.3 Å². The molecule has 1 aliphatic rings. The molecule has 118 valence electrons. The van der Waals surface area contributed by atoms with Gasteiger partial charge in [-0.25, -0.2) is 0 Å². The molecule has 4 nitrogen and oxygen atoms in total. The van der Waals surface area contributed by atoms with Crippen LogP contribution in [-0.2, 0) is 11.3 Å². The summed E-state index contributed by atoms with van der Waals surface area (Å²) in [6.07, 6.45) is 3.89. The second-order valence-corrected chi connectivity index (χ2v) is 5.81. The molecule has 0 aliphatic carbocycles. The fourth-order valence-electron chi connectivity index (χ4n) is 2.77. The molecule has 0 spiro atoms. The quantitative estimate of drug-likeness (QED) is 0.746. The van der Waals surface area contributed by atoms with Gasteiger partial charge in [0.15, 0.2) is 0 Å². The van der Waals surface area contributed by atoms with Crippen LogP contribution in [0.15, 0.2) is 18.2 Å². The third-order valence-corrected chi connectivity index (χ3v) is 4.04. The fraction of sp³-hybridized carbons (Fsp3) is 0.706. The average Bonchev–Trinajstić information content (AvgIpc) is 2.51. The zero-order valence-corrected chi connectivity index (χ0v) is 13.5. The molecule has 1 aliphatic heterocycles. The zero-order valence-electron chi connectivity index (χ0n) is 13.5. The molecule has 1 fully saturated rings. The molecule has 1 aromatic rings. The van der Waals surface area contributed by atoms with Crippen LogP contribution < -0.4 is 5.32 Å². The number of hydrogen-bond donors (Lipinski definition) is 1. The summed E-state index contributed by atoms with van der Waals surface area (Å²) in [6.45, 7) is 10.4. The average molecular weight is 291 g/mol. The van der Waals surface area contributed by atoms with Crippen LogP contribution in [0.2, 0.25) is 0 Å². The predicted octanol–water partition coefficient (Wildman–Crippen LogP) is 2.37. The van der Waals surface area contributed by atoms with Crippen molar-refractivity contribution in [2.45, 2.75) is 45.8 Å². The van der Waals surface area contributed by atoms with Crippen LogP contribution in [0.4, 0.5) is 0 Å². The lowest BCUT2D eigenvalue weighted by atomic mass is 10.1. The number of nitrogens with zero attached hydrogens (tertiary/aromatic N) is 2. The van der Waals surface area contributed by atoms with Gasteiger partial charge in [0.1, 0.15) is 0 Å². The van der Waals surface area contributed by atoms with Crippen LogP contribution in [0, 0.1) is 6.92 Å². The number of ether oxygens (including phenoxy) is 1. The fourth-order valence-corrected chi connectivity index (χ4v) is 2.77. The van der Waals surface area contributed by atoms with E-state index in [9.17, 15) is 0 Å².